The normalized spacial score (nSPS) is 12.0. The molecule has 0 saturated carbocycles. The molecule has 2 nitrogen and oxygen atoms in total. The van der Waals surface area contributed by atoms with Gasteiger partial charge in [0, 0.05) is 0 Å². The quantitative estimate of drug-likeness (QED) is 0.475. The molecule has 0 atom stereocenters. The summed E-state index contributed by atoms with van der Waals surface area (Å²) in [6.07, 6.45) is 2.93. The third-order valence-electron chi connectivity index (χ3n) is 4.54. The minimum atomic E-state index is -0.911. The third kappa shape index (κ3) is 9.92. The molecule has 0 unspecified atom stereocenters. The van der Waals surface area contributed by atoms with Gasteiger partial charge in [0.15, 0.2) is 0 Å². The molecule has 0 aliphatic carbocycles. The van der Waals surface area contributed by atoms with E-state index >= 15 is 0 Å². The second-order valence-electron chi connectivity index (χ2n) is 5.61. The van der Waals surface area contributed by atoms with Gasteiger partial charge < -0.3 is 0 Å². The minimum absolute atomic E-state index is 0.911. The van der Waals surface area contributed by atoms with Crippen LogP contribution in [-0.4, -0.2) is 63.4 Å². The number of hydrogen-bond acceptors (Lipinski definition) is 2. The van der Waals surface area contributed by atoms with Crippen molar-refractivity contribution in [1.82, 2.24) is 9.80 Å². The summed E-state index contributed by atoms with van der Waals surface area (Å²) in [5.41, 5.74) is 0. The molecule has 0 aromatic carbocycles. The van der Waals surface area contributed by atoms with Crippen LogP contribution in [0.1, 0.15) is 47.5 Å². The van der Waals surface area contributed by atoms with Crippen LogP contribution in [-0.2, 0) is 0 Å². The van der Waals surface area contributed by atoms with E-state index in [1.165, 1.54) is 52.1 Å². The van der Waals surface area contributed by atoms with Crippen molar-refractivity contribution < 1.29 is 0 Å². The number of hydrogen-bond donors (Lipinski definition) is 0. The number of nitrogens with zero attached hydrogens (tertiary/aromatic N) is 2. The fraction of sp³-hybridized carbons (Fsp3) is 1.00. The zero-order valence-corrected chi connectivity index (χ0v) is 16.7. The standard InChI is InChI=1S/C16H38GeN2/c1-6-17(13-11-15-18(7-2)8-3)14-12-16-19(9-4)10-5/h17H,6-16H2,1-5H3. The van der Waals surface area contributed by atoms with E-state index in [9.17, 15) is 0 Å². The van der Waals surface area contributed by atoms with E-state index in [0.29, 0.717) is 0 Å². The van der Waals surface area contributed by atoms with Crippen molar-refractivity contribution in [1.29, 1.82) is 0 Å². The molecule has 3 heteroatoms. The van der Waals surface area contributed by atoms with Crippen LogP contribution in [0.2, 0.25) is 15.8 Å². The molecule has 0 saturated heterocycles. The second kappa shape index (κ2) is 13.4. The summed E-state index contributed by atoms with van der Waals surface area (Å²) in [5, 5.41) is 4.76. The molecule has 0 aromatic heterocycles. The molecule has 0 aromatic rings. The molecule has 0 radical (unpaired) electrons. The fourth-order valence-corrected chi connectivity index (χ4v) is 8.35. The van der Waals surface area contributed by atoms with Crippen molar-refractivity contribution >= 4 is 14.3 Å². The summed E-state index contributed by atoms with van der Waals surface area (Å²) >= 11 is -0.911. The maximum absolute atomic E-state index is 2.57. The Hall–Kier alpha value is 0.463. The molecular formula is C16H38GeN2. The summed E-state index contributed by atoms with van der Waals surface area (Å²) in [7, 11) is 0. The van der Waals surface area contributed by atoms with E-state index in [1.807, 2.05) is 0 Å². The third-order valence-corrected chi connectivity index (χ3v) is 12.1. The fourth-order valence-electron chi connectivity index (χ4n) is 2.84. The van der Waals surface area contributed by atoms with Crippen LogP contribution in [0, 0.1) is 0 Å². The summed E-state index contributed by atoms with van der Waals surface area (Å²) < 4.78 is 0. The summed E-state index contributed by atoms with van der Waals surface area (Å²) in [6, 6.07) is 0. The van der Waals surface area contributed by atoms with Crippen molar-refractivity contribution in [2.45, 2.75) is 63.2 Å². The van der Waals surface area contributed by atoms with Gasteiger partial charge in [-0.15, -0.1) is 0 Å². The van der Waals surface area contributed by atoms with Gasteiger partial charge in [0.05, 0.1) is 0 Å². The van der Waals surface area contributed by atoms with Gasteiger partial charge in [-0.1, -0.05) is 0 Å². The first-order valence-corrected chi connectivity index (χ1v) is 13.8. The van der Waals surface area contributed by atoms with Crippen LogP contribution in [0.5, 0.6) is 0 Å². The Morgan fingerprint density at radius 1 is 0.632 bits per heavy atom. The monoisotopic (exact) mass is 332 g/mol. The zero-order valence-electron chi connectivity index (χ0n) is 14.2. The van der Waals surface area contributed by atoms with Crippen molar-refractivity contribution in [3.63, 3.8) is 0 Å². The van der Waals surface area contributed by atoms with E-state index in [-0.39, 0.29) is 0 Å². The summed E-state index contributed by atoms with van der Waals surface area (Å²) in [5.74, 6) is 0. The van der Waals surface area contributed by atoms with Crippen LogP contribution in [0.4, 0.5) is 0 Å². The molecule has 0 N–H and O–H groups in total. The SMILES string of the molecule is CCN(CC)CC[CH2][GeH]([CH2]C)[CH2]CCN(CC)CC. The van der Waals surface area contributed by atoms with Crippen molar-refractivity contribution in [2.24, 2.45) is 0 Å². The molecular weight excluding hydrogens is 293 g/mol. The first kappa shape index (κ1) is 19.5. The second-order valence-corrected chi connectivity index (χ2v) is 13.4. The van der Waals surface area contributed by atoms with E-state index in [1.54, 1.807) is 15.8 Å². The Bertz CT molecular complexity index is 162. The molecule has 0 heterocycles. The van der Waals surface area contributed by atoms with Crippen molar-refractivity contribution in [3.05, 3.63) is 0 Å². The average Bonchev–Trinajstić information content (AvgIpc) is 2.46. The predicted octanol–water partition coefficient (Wildman–Crippen LogP) is 3.70. The molecule has 0 spiro atoms. The van der Waals surface area contributed by atoms with E-state index in [0.717, 1.165) is 0 Å². The maximum atomic E-state index is 2.57. The van der Waals surface area contributed by atoms with Crippen molar-refractivity contribution in [3.8, 4) is 0 Å². The molecule has 0 fully saturated rings. The van der Waals surface area contributed by atoms with Gasteiger partial charge in [-0.2, -0.15) is 0 Å². The average molecular weight is 331 g/mol. The first-order chi connectivity index (χ1) is 9.21. The van der Waals surface area contributed by atoms with Gasteiger partial charge in [0.2, 0.25) is 0 Å². The summed E-state index contributed by atoms with van der Waals surface area (Å²) in [6.45, 7) is 19.2. The predicted molar refractivity (Wildman–Crippen MR) is 92.1 cm³/mol. The van der Waals surface area contributed by atoms with Crippen LogP contribution in [0.25, 0.3) is 0 Å². The Labute approximate surface area is 127 Å². The van der Waals surface area contributed by atoms with E-state index in [2.05, 4.69) is 44.4 Å². The molecule has 0 rings (SSSR count). The van der Waals surface area contributed by atoms with Crippen LogP contribution in [0.15, 0.2) is 0 Å². The van der Waals surface area contributed by atoms with Gasteiger partial charge in [-0.05, 0) is 0 Å². The van der Waals surface area contributed by atoms with E-state index < -0.39 is 14.3 Å². The van der Waals surface area contributed by atoms with Crippen LogP contribution < -0.4 is 0 Å². The number of rotatable bonds is 13. The van der Waals surface area contributed by atoms with E-state index in [4.69, 9.17) is 0 Å². The Morgan fingerprint density at radius 2 is 1.00 bits per heavy atom. The Kier molecular flexibility index (Phi) is 13.8. The molecule has 0 aliphatic rings. The topological polar surface area (TPSA) is 6.48 Å². The van der Waals surface area contributed by atoms with Crippen molar-refractivity contribution in [2.75, 3.05) is 39.3 Å². The molecule has 0 aliphatic heterocycles. The Balaban J connectivity index is 3.70. The molecule has 0 amide bonds. The molecule has 116 valence electrons. The molecule has 19 heavy (non-hydrogen) atoms. The zero-order chi connectivity index (χ0) is 14.5. The van der Waals surface area contributed by atoms with Gasteiger partial charge in [0.1, 0.15) is 0 Å². The van der Waals surface area contributed by atoms with Crippen LogP contribution in [0.3, 0.4) is 0 Å². The Morgan fingerprint density at radius 3 is 1.26 bits per heavy atom. The van der Waals surface area contributed by atoms with Gasteiger partial charge >= 0.3 is 127 Å². The van der Waals surface area contributed by atoms with Gasteiger partial charge in [-0.3, -0.25) is 0 Å². The molecule has 0 bridgehead atoms. The van der Waals surface area contributed by atoms with Gasteiger partial charge in [0.25, 0.3) is 0 Å². The summed E-state index contributed by atoms with van der Waals surface area (Å²) in [4.78, 5) is 5.15. The van der Waals surface area contributed by atoms with Gasteiger partial charge in [-0.25, -0.2) is 0 Å². The first-order valence-electron chi connectivity index (χ1n) is 8.66. The van der Waals surface area contributed by atoms with Crippen LogP contribution >= 0.6 is 0 Å².